The van der Waals surface area contributed by atoms with Crippen LogP contribution < -0.4 is 0 Å². The van der Waals surface area contributed by atoms with Crippen molar-refractivity contribution in [2.75, 3.05) is 32.8 Å². The summed E-state index contributed by atoms with van der Waals surface area (Å²) >= 11 is 0. The van der Waals surface area contributed by atoms with Crippen molar-refractivity contribution in [1.82, 2.24) is 24.9 Å². The molecule has 0 bridgehead atoms. The summed E-state index contributed by atoms with van der Waals surface area (Å²) in [5, 5.41) is 4.08. The first kappa shape index (κ1) is 16.2. The van der Waals surface area contributed by atoms with Crippen LogP contribution in [-0.2, 0) is 22.6 Å². The number of hydrogen-bond acceptors (Lipinski definition) is 7. The Labute approximate surface area is 145 Å². The number of morpholine rings is 1. The number of carbonyl (C=O) groups is 1. The summed E-state index contributed by atoms with van der Waals surface area (Å²) in [5.41, 5.74) is 1.02. The van der Waals surface area contributed by atoms with Crippen molar-refractivity contribution in [3.63, 3.8) is 0 Å². The summed E-state index contributed by atoms with van der Waals surface area (Å²) < 4.78 is 10.8. The lowest BCUT2D eigenvalue weighted by Gasteiger charge is -2.24. The Morgan fingerprint density at radius 3 is 2.92 bits per heavy atom. The van der Waals surface area contributed by atoms with Gasteiger partial charge in [-0.25, -0.2) is 0 Å². The number of aromatic nitrogens is 3. The Bertz CT molecular complexity index is 714. The molecule has 0 aliphatic carbocycles. The van der Waals surface area contributed by atoms with E-state index in [-0.39, 0.29) is 11.8 Å². The van der Waals surface area contributed by atoms with Gasteiger partial charge in [-0.3, -0.25) is 14.7 Å². The van der Waals surface area contributed by atoms with Gasteiger partial charge in [0.15, 0.2) is 5.82 Å². The van der Waals surface area contributed by atoms with Crippen LogP contribution in [0.3, 0.4) is 0 Å². The van der Waals surface area contributed by atoms with Crippen LogP contribution in [0.2, 0.25) is 0 Å². The Balaban J connectivity index is 1.37. The first-order valence-electron chi connectivity index (χ1n) is 8.57. The van der Waals surface area contributed by atoms with Crippen molar-refractivity contribution in [1.29, 1.82) is 0 Å². The molecule has 2 fully saturated rings. The monoisotopic (exact) mass is 343 g/mol. The predicted octanol–water partition coefficient (Wildman–Crippen LogP) is 0.813. The van der Waals surface area contributed by atoms with E-state index in [0.717, 1.165) is 31.9 Å². The average molecular weight is 343 g/mol. The number of carbonyl (C=O) groups excluding carboxylic acids is 1. The molecule has 2 aliphatic heterocycles. The third-order valence-corrected chi connectivity index (χ3v) is 4.61. The third-order valence-electron chi connectivity index (χ3n) is 4.61. The zero-order valence-electron chi connectivity index (χ0n) is 14.0. The molecule has 2 aliphatic rings. The van der Waals surface area contributed by atoms with Crippen LogP contribution in [0.1, 0.15) is 29.6 Å². The number of pyridine rings is 1. The van der Waals surface area contributed by atoms with Gasteiger partial charge in [0.25, 0.3) is 0 Å². The lowest BCUT2D eigenvalue weighted by Crippen LogP contribution is -2.35. The summed E-state index contributed by atoms with van der Waals surface area (Å²) in [6, 6.07) is 3.85. The quantitative estimate of drug-likeness (QED) is 0.794. The lowest BCUT2D eigenvalue weighted by atomic mass is 10.1. The third kappa shape index (κ3) is 3.85. The molecule has 4 heterocycles. The van der Waals surface area contributed by atoms with Gasteiger partial charge in [0.1, 0.15) is 0 Å². The van der Waals surface area contributed by atoms with Crippen LogP contribution in [-0.4, -0.2) is 63.7 Å². The maximum Gasteiger partial charge on any atom is 0.232 e. The van der Waals surface area contributed by atoms with Crippen molar-refractivity contribution < 1.29 is 14.1 Å². The van der Waals surface area contributed by atoms with Crippen LogP contribution in [0.25, 0.3) is 0 Å². The zero-order valence-corrected chi connectivity index (χ0v) is 14.0. The van der Waals surface area contributed by atoms with Gasteiger partial charge < -0.3 is 14.2 Å². The van der Waals surface area contributed by atoms with Crippen LogP contribution >= 0.6 is 0 Å². The minimum Gasteiger partial charge on any atom is -0.379 e. The van der Waals surface area contributed by atoms with E-state index in [2.05, 4.69) is 20.0 Å². The van der Waals surface area contributed by atoms with Gasteiger partial charge >= 0.3 is 0 Å². The second kappa shape index (κ2) is 7.28. The van der Waals surface area contributed by atoms with E-state index in [1.54, 1.807) is 12.4 Å². The summed E-state index contributed by atoms with van der Waals surface area (Å²) in [7, 11) is 0. The zero-order chi connectivity index (χ0) is 17.1. The standard InChI is InChI=1S/C17H21N5O3/c23-16-8-14(11-22(16)10-13-2-1-3-18-9-13)17-19-15(20-25-17)12-21-4-6-24-7-5-21/h1-3,9,14H,4-8,10-12H2. The molecule has 8 nitrogen and oxygen atoms in total. The Kier molecular flexibility index (Phi) is 4.71. The number of ether oxygens (including phenoxy) is 1. The van der Waals surface area contributed by atoms with E-state index in [4.69, 9.17) is 9.26 Å². The van der Waals surface area contributed by atoms with Crippen molar-refractivity contribution in [3.05, 3.63) is 41.8 Å². The molecule has 8 heteroatoms. The van der Waals surface area contributed by atoms with Gasteiger partial charge in [0.2, 0.25) is 11.8 Å². The van der Waals surface area contributed by atoms with Crippen LogP contribution in [0.15, 0.2) is 29.0 Å². The molecule has 2 aromatic heterocycles. The Morgan fingerprint density at radius 1 is 1.24 bits per heavy atom. The molecule has 4 rings (SSSR count). The van der Waals surface area contributed by atoms with E-state index < -0.39 is 0 Å². The number of rotatable bonds is 5. The SMILES string of the molecule is O=C1CC(c2nc(CN3CCOCC3)no2)CN1Cc1cccnc1. The Hall–Kier alpha value is -2.32. The molecular formula is C17H21N5O3. The first-order chi connectivity index (χ1) is 12.3. The smallest absolute Gasteiger partial charge is 0.232 e. The van der Waals surface area contributed by atoms with Gasteiger partial charge in [0, 0.05) is 45.0 Å². The molecule has 1 unspecified atom stereocenters. The Morgan fingerprint density at radius 2 is 2.12 bits per heavy atom. The summed E-state index contributed by atoms with van der Waals surface area (Å²) in [6.07, 6.45) is 3.93. The minimum atomic E-state index is -0.0323. The highest BCUT2D eigenvalue weighted by Gasteiger charge is 2.34. The highest BCUT2D eigenvalue weighted by atomic mass is 16.5. The maximum atomic E-state index is 12.3. The molecule has 0 aromatic carbocycles. The van der Waals surface area contributed by atoms with E-state index >= 15 is 0 Å². The second-order valence-corrected chi connectivity index (χ2v) is 6.47. The molecule has 1 atom stereocenters. The van der Waals surface area contributed by atoms with Gasteiger partial charge in [-0.1, -0.05) is 11.2 Å². The molecule has 132 valence electrons. The van der Waals surface area contributed by atoms with Gasteiger partial charge in [-0.05, 0) is 11.6 Å². The topological polar surface area (TPSA) is 84.6 Å². The highest BCUT2D eigenvalue weighted by Crippen LogP contribution is 2.28. The highest BCUT2D eigenvalue weighted by molar-refractivity contribution is 5.79. The number of amides is 1. The molecular weight excluding hydrogens is 322 g/mol. The molecule has 0 N–H and O–H groups in total. The van der Waals surface area contributed by atoms with E-state index in [1.807, 2.05) is 17.0 Å². The van der Waals surface area contributed by atoms with Crippen LogP contribution in [0.5, 0.6) is 0 Å². The predicted molar refractivity (Wildman–Crippen MR) is 87.4 cm³/mol. The van der Waals surface area contributed by atoms with Crippen molar-refractivity contribution in [2.24, 2.45) is 0 Å². The van der Waals surface area contributed by atoms with E-state index in [1.165, 1.54) is 0 Å². The van der Waals surface area contributed by atoms with Crippen molar-refractivity contribution in [2.45, 2.75) is 25.4 Å². The summed E-state index contributed by atoms with van der Waals surface area (Å²) in [4.78, 5) is 25.0. The fourth-order valence-electron chi connectivity index (χ4n) is 3.26. The fourth-order valence-corrected chi connectivity index (χ4v) is 3.26. The molecule has 2 aromatic rings. The molecule has 2 saturated heterocycles. The number of likely N-dealkylation sites (tertiary alicyclic amines) is 1. The summed E-state index contributed by atoms with van der Waals surface area (Å²) in [6.45, 7) is 5.07. The molecule has 0 spiro atoms. The molecule has 25 heavy (non-hydrogen) atoms. The second-order valence-electron chi connectivity index (χ2n) is 6.47. The van der Waals surface area contributed by atoms with E-state index in [0.29, 0.717) is 37.8 Å². The van der Waals surface area contributed by atoms with Gasteiger partial charge in [-0.2, -0.15) is 4.98 Å². The number of nitrogens with zero attached hydrogens (tertiary/aromatic N) is 5. The lowest BCUT2D eigenvalue weighted by molar-refractivity contribution is -0.128. The van der Waals surface area contributed by atoms with Crippen molar-refractivity contribution in [3.8, 4) is 0 Å². The van der Waals surface area contributed by atoms with Gasteiger partial charge in [0.05, 0.1) is 25.7 Å². The average Bonchev–Trinajstić information content (AvgIpc) is 3.24. The molecule has 0 saturated carbocycles. The van der Waals surface area contributed by atoms with Crippen LogP contribution in [0, 0.1) is 0 Å². The van der Waals surface area contributed by atoms with E-state index in [9.17, 15) is 4.79 Å². The first-order valence-corrected chi connectivity index (χ1v) is 8.57. The van der Waals surface area contributed by atoms with Gasteiger partial charge in [-0.15, -0.1) is 0 Å². The minimum absolute atomic E-state index is 0.0323. The molecule has 1 amide bonds. The normalized spacial score (nSPS) is 21.8. The largest absolute Gasteiger partial charge is 0.379 e. The number of hydrogen-bond donors (Lipinski definition) is 0. The molecule has 0 radical (unpaired) electrons. The van der Waals surface area contributed by atoms with Crippen LogP contribution in [0.4, 0.5) is 0 Å². The van der Waals surface area contributed by atoms with Crippen molar-refractivity contribution >= 4 is 5.91 Å². The fraction of sp³-hybridized carbons (Fsp3) is 0.529. The summed E-state index contributed by atoms with van der Waals surface area (Å²) in [5.74, 6) is 1.32. The maximum absolute atomic E-state index is 12.3.